The van der Waals surface area contributed by atoms with Crippen molar-refractivity contribution in [2.24, 2.45) is 11.7 Å². The SMILES string of the molecule is Cc1ccc(C(=O)NC2C(N)C3CCOC32)c(Cl)c1. The maximum Gasteiger partial charge on any atom is 0.253 e. The van der Waals surface area contributed by atoms with Gasteiger partial charge in [0.15, 0.2) is 0 Å². The number of nitrogens with two attached hydrogens (primary N) is 1. The number of aryl methyl sites for hydroxylation is 1. The van der Waals surface area contributed by atoms with Crippen molar-refractivity contribution < 1.29 is 9.53 Å². The molecule has 2 fully saturated rings. The van der Waals surface area contributed by atoms with E-state index in [2.05, 4.69) is 5.32 Å². The molecule has 1 saturated heterocycles. The molecule has 19 heavy (non-hydrogen) atoms. The Morgan fingerprint density at radius 1 is 1.53 bits per heavy atom. The molecule has 1 aromatic rings. The molecule has 1 heterocycles. The van der Waals surface area contributed by atoms with Crippen molar-refractivity contribution >= 4 is 17.5 Å². The van der Waals surface area contributed by atoms with Gasteiger partial charge in [-0.05, 0) is 31.0 Å². The van der Waals surface area contributed by atoms with E-state index in [1.54, 1.807) is 12.1 Å². The zero-order chi connectivity index (χ0) is 13.6. The van der Waals surface area contributed by atoms with Crippen molar-refractivity contribution in [1.29, 1.82) is 0 Å². The second-order valence-electron chi connectivity index (χ2n) is 5.35. The Balaban J connectivity index is 1.71. The Morgan fingerprint density at radius 3 is 3.05 bits per heavy atom. The van der Waals surface area contributed by atoms with Crippen LogP contribution in [-0.2, 0) is 4.74 Å². The predicted molar refractivity (Wildman–Crippen MR) is 73.3 cm³/mol. The first-order valence-corrected chi connectivity index (χ1v) is 6.90. The minimum absolute atomic E-state index is 0.0133. The molecule has 102 valence electrons. The molecule has 3 rings (SSSR count). The van der Waals surface area contributed by atoms with E-state index < -0.39 is 0 Å². The summed E-state index contributed by atoms with van der Waals surface area (Å²) in [5.74, 6) is 0.207. The number of amides is 1. The molecule has 4 nitrogen and oxygen atoms in total. The van der Waals surface area contributed by atoms with Crippen molar-refractivity contribution in [1.82, 2.24) is 5.32 Å². The molecular weight excluding hydrogens is 264 g/mol. The first-order valence-electron chi connectivity index (χ1n) is 6.52. The molecule has 0 bridgehead atoms. The quantitative estimate of drug-likeness (QED) is 0.863. The summed E-state index contributed by atoms with van der Waals surface area (Å²) in [6, 6.07) is 5.28. The number of halogens is 1. The fourth-order valence-electron chi connectivity index (χ4n) is 2.96. The van der Waals surface area contributed by atoms with E-state index in [9.17, 15) is 4.79 Å². The third kappa shape index (κ3) is 2.14. The number of hydrogen-bond acceptors (Lipinski definition) is 3. The number of carbonyl (C=O) groups is 1. The molecular formula is C14H17ClN2O2. The summed E-state index contributed by atoms with van der Waals surface area (Å²) >= 11 is 6.09. The molecule has 1 aliphatic heterocycles. The number of rotatable bonds is 2. The summed E-state index contributed by atoms with van der Waals surface area (Å²) in [7, 11) is 0. The van der Waals surface area contributed by atoms with Gasteiger partial charge in [-0.3, -0.25) is 4.79 Å². The minimum atomic E-state index is -0.181. The average molecular weight is 281 g/mol. The summed E-state index contributed by atoms with van der Waals surface area (Å²) < 4.78 is 5.59. The van der Waals surface area contributed by atoms with Gasteiger partial charge < -0.3 is 15.8 Å². The van der Waals surface area contributed by atoms with Gasteiger partial charge in [0.05, 0.1) is 22.7 Å². The van der Waals surface area contributed by atoms with Crippen LogP contribution in [0.3, 0.4) is 0 Å². The molecule has 1 aliphatic carbocycles. The fourth-order valence-corrected chi connectivity index (χ4v) is 3.28. The summed E-state index contributed by atoms with van der Waals surface area (Å²) in [5, 5.41) is 3.41. The van der Waals surface area contributed by atoms with Crippen LogP contribution >= 0.6 is 11.6 Å². The maximum atomic E-state index is 12.2. The van der Waals surface area contributed by atoms with Crippen LogP contribution in [0, 0.1) is 12.8 Å². The highest BCUT2D eigenvalue weighted by molar-refractivity contribution is 6.33. The van der Waals surface area contributed by atoms with Crippen LogP contribution in [0.2, 0.25) is 5.02 Å². The van der Waals surface area contributed by atoms with Crippen LogP contribution in [-0.4, -0.2) is 30.7 Å². The monoisotopic (exact) mass is 280 g/mol. The van der Waals surface area contributed by atoms with Gasteiger partial charge in [-0.1, -0.05) is 17.7 Å². The van der Waals surface area contributed by atoms with E-state index >= 15 is 0 Å². The van der Waals surface area contributed by atoms with E-state index in [1.165, 1.54) is 0 Å². The van der Waals surface area contributed by atoms with E-state index in [4.69, 9.17) is 22.1 Å². The second-order valence-corrected chi connectivity index (χ2v) is 5.76. The lowest BCUT2D eigenvalue weighted by atomic mass is 9.72. The Hall–Kier alpha value is -1.10. The van der Waals surface area contributed by atoms with Gasteiger partial charge in [0.2, 0.25) is 0 Å². The van der Waals surface area contributed by atoms with Crippen molar-refractivity contribution in [3.63, 3.8) is 0 Å². The summed E-state index contributed by atoms with van der Waals surface area (Å²) in [6.45, 7) is 2.67. The van der Waals surface area contributed by atoms with Gasteiger partial charge in [0.1, 0.15) is 0 Å². The molecule has 4 atom stereocenters. The Labute approximate surface area is 117 Å². The Bertz CT molecular complexity index is 520. The molecule has 0 radical (unpaired) electrons. The van der Waals surface area contributed by atoms with Gasteiger partial charge in [-0.25, -0.2) is 0 Å². The van der Waals surface area contributed by atoms with Crippen LogP contribution in [0.1, 0.15) is 22.3 Å². The van der Waals surface area contributed by atoms with E-state index in [-0.39, 0.29) is 24.1 Å². The van der Waals surface area contributed by atoms with E-state index in [0.717, 1.165) is 18.6 Å². The number of fused-ring (bicyclic) bond motifs is 1. The van der Waals surface area contributed by atoms with Crippen LogP contribution in [0.4, 0.5) is 0 Å². The highest BCUT2D eigenvalue weighted by Gasteiger charge is 2.52. The molecule has 5 heteroatoms. The first kappa shape index (κ1) is 12.9. The first-order chi connectivity index (χ1) is 9.08. The van der Waals surface area contributed by atoms with Gasteiger partial charge >= 0.3 is 0 Å². The van der Waals surface area contributed by atoms with Gasteiger partial charge in [-0.2, -0.15) is 0 Å². The van der Waals surface area contributed by atoms with Crippen molar-refractivity contribution in [2.75, 3.05) is 6.61 Å². The number of ether oxygens (including phenoxy) is 1. The van der Waals surface area contributed by atoms with Crippen LogP contribution in [0.15, 0.2) is 18.2 Å². The number of benzene rings is 1. The third-order valence-electron chi connectivity index (χ3n) is 4.11. The van der Waals surface area contributed by atoms with Gasteiger partial charge in [0.25, 0.3) is 5.91 Å². The lowest BCUT2D eigenvalue weighted by Crippen LogP contribution is -2.68. The standard InChI is InChI=1S/C14H17ClN2O2/c1-7-2-3-8(10(15)6-7)14(18)17-12-11(16)9-4-5-19-13(9)12/h2-3,6,9,11-13H,4-5,16H2,1H3,(H,17,18). The Morgan fingerprint density at radius 2 is 2.32 bits per heavy atom. The molecule has 3 N–H and O–H groups in total. The van der Waals surface area contributed by atoms with Crippen molar-refractivity contribution in [3.8, 4) is 0 Å². The maximum absolute atomic E-state index is 12.2. The molecule has 1 amide bonds. The smallest absolute Gasteiger partial charge is 0.253 e. The van der Waals surface area contributed by atoms with E-state index in [0.29, 0.717) is 16.5 Å². The topological polar surface area (TPSA) is 64.4 Å². The molecule has 4 unspecified atom stereocenters. The molecule has 1 saturated carbocycles. The zero-order valence-electron chi connectivity index (χ0n) is 10.7. The number of hydrogen-bond donors (Lipinski definition) is 2. The lowest BCUT2D eigenvalue weighted by Gasteiger charge is -2.45. The zero-order valence-corrected chi connectivity index (χ0v) is 11.5. The highest BCUT2D eigenvalue weighted by Crippen LogP contribution is 2.37. The van der Waals surface area contributed by atoms with Crippen molar-refractivity contribution in [2.45, 2.75) is 31.5 Å². The molecule has 0 spiro atoms. The largest absolute Gasteiger partial charge is 0.376 e. The normalized spacial score (nSPS) is 32.6. The fraction of sp³-hybridized carbons (Fsp3) is 0.500. The highest BCUT2D eigenvalue weighted by atomic mass is 35.5. The van der Waals surface area contributed by atoms with Crippen LogP contribution in [0.5, 0.6) is 0 Å². The third-order valence-corrected chi connectivity index (χ3v) is 4.43. The summed E-state index contributed by atoms with van der Waals surface area (Å²) in [6.07, 6.45) is 1.06. The summed E-state index contributed by atoms with van der Waals surface area (Å²) in [5.41, 5.74) is 7.58. The molecule has 1 aromatic carbocycles. The average Bonchev–Trinajstić information content (AvgIpc) is 2.80. The van der Waals surface area contributed by atoms with Gasteiger partial charge in [0, 0.05) is 18.6 Å². The van der Waals surface area contributed by atoms with E-state index in [1.807, 2.05) is 13.0 Å². The predicted octanol–water partition coefficient (Wildman–Crippen LogP) is 1.49. The molecule has 0 aromatic heterocycles. The number of nitrogens with one attached hydrogen (secondary N) is 1. The minimum Gasteiger partial charge on any atom is -0.376 e. The number of carbonyl (C=O) groups excluding carboxylic acids is 1. The van der Waals surface area contributed by atoms with Crippen LogP contribution < -0.4 is 11.1 Å². The second kappa shape index (κ2) is 4.78. The van der Waals surface area contributed by atoms with Gasteiger partial charge in [-0.15, -0.1) is 0 Å². The van der Waals surface area contributed by atoms with Crippen molar-refractivity contribution in [3.05, 3.63) is 34.3 Å². The summed E-state index contributed by atoms with van der Waals surface area (Å²) in [4.78, 5) is 12.2. The molecule has 2 aliphatic rings. The van der Waals surface area contributed by atoms with Crippen LogP contribution in [0.25, 0.3) is 0 Å². The Kier molecular flexibility index (Phi) is 3.25. The lowest BCUT2D eigenvalue weighted by molar-refractivity contribution is -0.0161.